The highest BCUT2D eigenvalue weighted by atomic mass is 32.1. The lowest BCUT2D eigenvalue weighted by atomic mass is 10.1. The molecule has 0 aromatic carbocycles. The van der Waals surface area contributed by atoms with Crippen LogP contribution in [0.3, 0.4) is 0 Å². The van der Waals surface area contributed by atoms with Crippen LogP contribution in [0.15, 0.2) is 22.0 Å². The van der Waals surface area contributed by atoms with Gasteiger partial charge in [-0.15, -0.1) is 11.3 Å². The van der Waals surface area contributed by atoms with Crippen LogP contribution >= 0.6 is 11.3 Å². The van der Waals surface area contributed by atoms with Crippen molar-refractivity contribution in [3.05, 3.63) is 23.4 Å². The van der Waals surface area contributed by atoms with Gasteiger partial charge < -0.3 is 14.6 Å². The molecule has 1 fully saturated rings. The van der Waals surface area contributed by atoms with Crippen LogP contribution in [0.5, 0.6) is 0 Å². The quantitative estimate of drug-likeness (QED) is 0.908. The molecule has 6 heteroatoms. The molecular formula is C13H17N3O2S. The summed E-state index contributed by atoms with van der Waals surface area (Å²) in [6.45, 7) is 2.75. The Morgan fingerprint density at radius 2 is 2.32 bits per heavy atom. The molecule has 2 aromatic heterocycles. The van der Waals surface area contributed by atoms with Crippen LogP contribution < -0.4 is 5.32 Å². The van der Waals surface area contributed by atoms with E-state index in [1.54, 1.807) is 11.3 Å². The predicted molar refractivity (Wildman–Crippen MR) is 73.2 cm³/mol. The average Bonchev–Trinajstić information content (AvgIpc) is 3.10. The van der Waals surface area contributed by atoms with Crippen molar-refractivity contribution < 1.29 is 9.26 Å². The van der Waals surface area contributed by atoms with Gasteiger partial charge in [0, 0.05) is 0 Å². The maximum Gasteiger partial charge on any atom is 0.229 e. The molecule has 19 heavy (non-hydrogen) atoms. The number of nitrogens with zero attached hydrogens (tertiary/aromatic N) is 2. The molecule has 0 atom stereocenters. The lowest BCUT2D eigenvalue weighted by Crippen LogP contribution is -2.32. The molecule has 2 aromatic rings. The smallest absolute Gasteiger partial charge is 0.229 e. The van der Waals surface area contributed by atoms with Gasteiger partial charge in [0.2, 0.25) is 11.7 Å². The maximum atomic E-state index is 5.82. The molecule has 102 valence electrons. The van der Waals surface area contributed by atoms with Crippen LogP contribution in [0.4, 0.5) is 0 Å². The fourth-order valence-corrected chi connectivity index (χ4v) is 2.79. The summed E-state index contributed by atoms with van der Waals surface area (Å²) in [4.78, 5) is 5.41. The van der Waals surface area contributed by atoms with Crippen molar-refractivity contribution >= 4 is 11.3 Å². The first-order chi connectivity index (χ1) is 9.42. The molecule has 1 aliphatic heterocycles. The number of nitrogens with one attached hydrogen (secondary N) is 1. The van der Waals surface area contributed by atoms with E-state index in [-0.39, 0.29) is 0 Å². The van der Waals surface area contributed by atoms with E-state index in [0.717, 1.165) is 30.8 Å². The Balaban J connectivity index is 1.48. The van der Waals surface area contributed by atoms with Crippen LogP contribution in [0, 0.1) is 0 Å². The van der Waals surface area contributed by atoms with Gasteiger partial charge in [-0.05, 0) is 37.4 Å². The molecule has 1 N–H and O–H groups in total. The van der Waals surface area contributed by atoms with Gasteiger partial charge in [-0.2, -0.15) is 4.98 Å². The van der Waals surface area contributed by atoms with Crippen LogP contribution in [0.25, 0.3) is 10.7 Å². The molecular weight excluding hydrogens is 262 g/mol. The number of rotatable bonds is 5. The lowest BCUT2D eigenvalue weighted by molar-refractivity contribution is 0.0322. The zero-order valence-electron chi connectivity index (χ0n) is 10.7. The summed E-state index contributed by atoms with van der Waals surface area (Å²) in [7, 11) is 0. The van der Waals surface area contributed by atoms with E-state index in [0.29, 0.717) is 30.8 Å². The zero-order valence-corrected chi connectivity index (χ0v) is 11.5. The Morgan fingerprint density at radius 1 is 1.42 bits per heavy atom. The second-order valence-electron chi connectivity index (χ2n) is 4.56. The van der Waals surface area contributed by atoms with E-state index >= 15 is 0 Å². The largest absolute Gasteiger partial charge is 0.378 e. The Morgan fingerprint density at radius 3 is 3.11 bits per heavy atom. The van der Waals surface area contributed by atoms with Crippen LogP contribution in [-0.2, 0) is 11.2 Å². The SMILES string of the molecule is c1csc(-c2noc(CCOC3CCNCC3)n2)c1. The fourth-order valence-electron chi connectivity index (χ4n) is 2.14. The van der Waals surface area contributed by atoms with Crippen LogP contribution in [0.2, 0.25) is 0 Å². The Labute approximate surface area is 116 Å². The van der Waals surface area contributed by atoms with E-state index in [2.05, 4.69) is 15.5 Å². The molecule has 3 heterocycles. The van der Waals surface area contributed by atoms with Crippen molar-refractivity contribution in [2.45, 2.75) is 25.4 Å². The van der Waals surface area contributed by atoms with Gasteiger partial charge >= 0.3 is 0 Å². The third kappa shape index (κ3) is 3.40. The van der Waals surface area contributed by atoms with Gasteiger partial charge in [-0.1, -0.05) is 11.2 Å². The standard InChI is InChI=1S/C13H17N3O2S/c1-2-11(19-9-1)13-15-12(18-16-13)5-8-17-10-3-6-14-7-4-10/h1-2,9-10,14H,3-8H2. The molecule has 0 aliphatic carbocycles. The van der Waals surface area contributed by atoms with E-state index in [9.17, 15) is 0 Å². The Bertz CT molecular complexity index is 492. The van der Waals surface area contributed by atoms with Crippen LogP contribution in [0.1, 0.15) is 18.7 Å². The van der Waals surface area contributed by atoms with Gasteiger partial charge in [0.1, 0.15) is 0 Å². The molecule has 0 radical (unpaired) electrons. The van der Waals surface area contributed by atoms with E-state index in [1.165, 1.54) is 0 Å². The Hall–Kier alpha value is -1.24. The summed E-state index contributed by atoms with van der Waals surface area (Å²) in [5.41, 5.74) is 0. The topological polar surface area (TPSA) is 60.2 Å². The third-order valence-corrected chi connectivity index (χ3v) is 4.03. The number of aromatic nitrogens is 2. The molecule has 0 saturated carbocycles. The summed E-state index contributed by atoms with van der Waals surface area (Å²) in [6, 6.07) is 3.97. The second kappa shape index (κ2) is 6.27. The minimum Gasteiger partial charge on any atom is -0.378 e. The van der Waals surface area contributed by atoms with Gasteiger partial charge in [0.25, 0.3) is 0 Å². The molecule has 5 nitrogen and oxygen atoms in total. The molecule has 3 rings (SSSR count). The first kappa shape index (κ1) is 12.8. The number of ether oxygens (including phenoxy) is 1. The van der Waals surface area contributed by atoms with Crippen molar-refractivity contribution in [1.29, 1.82) is 0 Å². The highest BCUT2D eigenvalue weighted by Crippen LogP contribution is 2.21. The lowest BCUT2D eigenvalue weighted by Gasteiger charge is -2.22. The molecule has 0 spiro atoms. The number of hydrogen-bond donors (Lipinski definition) is 1. The summed E-state index contributed by atoms with van der Waals surface area (Å²) in [5, 5.41) is 9.31. The van der Waals surface area contributed by atoms with Crippen molar-refractivity contribution in [3.63, 3.8) is 0 Å². The minimum atomic E-state index is 0.376. The van der Waals surface area contributed by atoms with E-state index in [1.807, 2.05) is 17.5 Å². The van der Waals surface area contributed by atoms with Crippen molar-refractivity contribution in [2.75, 3.05) is 19.7 Å². The summed E-state index contributed by atoms with van der Waals surface area (Å²) < 4.78 is 11.1. The van der Waals surface area contributed by atoms with Gasteiger partial charge in [-0.25, -0.2) is 0 Å². The van der Waals surface area contributed by atoms with Gasteiger partial charge in [-0.3, -0.25) is 0 Å². The van der Waals surface area contributed by atoms with Gasteiger partial charge in [0.05, 0.1) is 24.0 Å². The molecule has 1 saturated heterocycles. The highest BCUT2D eigenvalue weighted by Gasteiger charge is 2.14. The van der Waals surface area contributed by atoms with E-state index < -0.39 is 0 Å². The molecule has 0 bridgehead atoms. The molecule has 1 aliphatic rings. The fraction of sp³-hybridized carbons (Fsp3) is 0.538. The third-order valence-electron chi connectivity index (χ3n) is 3.17. The maximum absolute atomic E-state index is 5.82. The normalized spacial score (nSPS) is 16.8. The van der Waals surface area contributed by atoms with Gasteiger partial charge in [0.15, 0.2) is 0 Å². The molecule has 0 unspecified atom stereocenters. The first-order valence-electron chi connectivity index (χ1n) is 6.60. The highest BCUT2D eigenvalue weighted by molar-refractivity contribution is 7.13. The summed E-state index contributed by atoms with van der Waals surface area (Å²) in [6.07, 6.45) is 3.23. The monoisotopic (exact) mass is 279 g/mol. The number of piperidine rings is 1. The number of hydrogen-bond acceptors (Lipinski definition) is 6. The zero-order chi connectivity index (χ0) is 12.9. The molecule has 0 amide bonds. The van der Waals surface area contributed by atoms with Crippen molar-refractivity contribution in [2.24, 2.45) is 0 Å². The number of thiophene rings is 1. The second-order valence-corrected chi connectivity index (χ2v) is 5.51. The first-order valence-corrected chi connectivity index (χ1v) is 7.48. The predicted octanol–water partition coefficient (Wildman–Crippen LogP) is 2.11. The Kier molecular flexibility index (Phi) is 4.22. The summed E-state index contributed by atoms with van der Waals surface area (Å²) >= 11 is 1.61. The van der Waals surface area contributed by atoms with Crippen molar-refractivity contribution in [3.8, 4) is 10.7 Å². The minimum absolute atomic E-state index is 0.376. The summed E-state index contributed by atoms with van der Waals surface area (Å²) in [5.74, 6) is 1.32. The van der Waals surface area contributed by atoms with Crippen molar-refractivity contribution in [1.82, 2.24) is 15.5 Å². The van der Waals surface area contributed by atoms with Crippen LogP contribution in [-0.4, -0.2) is 35.9 Å². The van der Waals surface area contributed by atoms with E-state index in [4.69, 9.17) is 9.26 Å². The average molecular weight is 279 g/mol.